The average Bonchev–Trinajstić information content (AvgIpc) is 2.18. The van der Waals surface area contributed by atoms with Gasteiger partial charge in [0.1, 0.15) is 0 Å². The number of pyridine rings is 1. The van der Waals surface area contributed by atoms with Crippen molar-refractivity contribution in [2.75, 3.05) is 7.11 Å². The molecule has 0 aliphatic carbocycles. The van der Waals surface area contributed by atoms with Crippen molar-refractivity contribution in [3.8, 4) is 12.3 Å². The summed E-state index contributed by atoms with van der Waals surface area (Å²) in [5, 5.41) is 0. The van der Waals surface area contributed by atoms with Crippen molar-refractivity contribution in [2.45, 2.75) is 6.54 Å². The maximum atomic E-state index is 11.0. The molecule has 1 rings (SSSR count). The zero-order valence-corrected chi connectivity index (χ0v) is 7.36. The number of hydrogen-bond acceptors (Lipinski definition) is 2. The molecule has 66 valence electrons. The second-order valence-electron chi connectivity index (χ2n) is 2.45. The Morgan fingerprint density at radius 2 is 2.23 bits per heavy atom. The fourth-order valence-electron chi connectivity index (χ4n) is 0.922. The molecule has 0 saturated carbocycles. The van der Waals surface area contributed by atoms with Gasteiger partial charge in [-0.25, -0.2) is 4.79 Å². The molecule has 0 saturated heterocycles. The standard InChI is InChI=1S/C10H10NO2/c1-3-6-11-7-4-9(5-8-11)10(12)13-2/h1,4-5,7-8H,6H2,2H3/q+1. The second kappa shape index (κ2) is 4.27. The highest BCUT2D eigenvalue weighted by Gasteiger charge is 2.06. The predicted molar refractivity (Wildman–Crippen MR) is 46.8 cm³/mol. The van der Waals surface area contributed by atoms with E-state index in [1.165, 1.54) is 7.11 Å². The van der Waals surface area contributed by atoms with Gasteiger partial charge >= 0.3 is 5.97 Å². The van der Waals surface area contributed by atoms with Crippen LogP contribution in [0.5, 0.6) is 0 Å². The summed E-state index contributed by atoms with van der Waals surface area (Å²) in [5.41, 5.74) is 0.524. The van der Waals surface area contributed by atoms with Crippen molar-refractivity contribution < 1.29 is 14.1 Å². The first-order valence-electron chi connectivity index (χ1n) is 3.79. The molecule has 0 aliphatic heterocycles. The monoisotopic (exact) mass is 176 g/mol. The van der Waals surface area contributed by atoms with Crippen molar-refractivity contribution in [2.24, 2.45) is 0 Å². The van der Waals surface area contributed by atoms with E-state index in [2.05, 4.69) is 10.7 Å². The van der Waals surface area contributed by atoms with Crippen molar-refractivity contribution in [3.63, 3.8) is 0 Å². The molecule has 0 atom stereocenters. The Balaban J connectivity index is 2.82. The van der Waals surface area contributed by atoms with E-state index in [0.29, 0.717) is 12.1 Å². The summed E-state index contributed by atoms with van der Waals surface area (Å²) in [6.07, 6.45) is 8.61. The van der Waals surface area contributed by atoms with E-state index in [-0.39, 0.29) is 5.97 Å². The van der Waals surface area contributed by atoms with Gasteiger partial charge in [-0.3, -0.25) is 0 Å². The van der Waals surface area contributed by atoms with E-state index in [9.17, 15) is 4.79 Å². The van der Waals surface area contributed by atoms with Crippen LogP contribution in [0, 0.1) is 12.3 Å². The minimum absolute atomic E-state index is 0.340. The molecule has 13 heavy (non-hydrogen) atoms. The van der Waals surface area contributed by atoms with Crippen molar-refractivity contribution in [3.05, 3.63) is 30.1 Å². The van der Waals surface area contributed by atoms with Crippen molar-refractivity contribution in [1.29, 1.82) is 0 Å². The first kappa shape index (κ1) is 9.27. The molecule has 0 unspecified atom stereocenters. The van der Waals surface area contributed by atoms with Gasteiger partial charge in [0.2, 0.25) is 6.54 Å². The number of carbonyl (C=O) groups excluding carboxylic acids is 1. The molecule has 0 amide bonds. The lowest BCUT2D eigenvalue weighted by atomic mass is 10.3. The van der Waals surface area contributed by atoms with Crippen LogP contribution >= 0.6 is 0 Å². The summed E-state index contributed by atoms with van der Waals surface area (Å²) in [7, 11) is 1.35. The molecule has 1 heterocycles. The van der Waals surface area contributed by atoms with E-state index in [0.717, 1.165) is 0 Å². The number of rotatable bonds is 2. The molecule has 0 radical (unpaired) electrons. The molecule has 0 aliphatic rings. The smallest absolute Gasteiger partial charge is 0.338 e. The van der Waals surface area contributed by atoms with Crippen LogP contribution in [0.15, 0.2) is 24.5 Å². The van der Waals surface area contributed by atoms with Gasteiger partial charge in [-0.05, 0) is 5.92 Å². The van der Waals surface area contributed by atoms with Gasteiger partial charge in [-0.2, -0.15) is 4.57 Å². The highest BCUT2D eigenvalue weighted by Crippen LogP contribution is 1.96. The number of aromatic nitrogens is 1. The Bertz CT molecular complexity index is 335. The number of terminal acetylenes is 1. The van der Waals surface area contributed by atoms with Crippen LogP contribution < -0.4 is 4.57 Å². The highest BCUT2D eigenvalue weighted by molar-refractivity contribution is 5.88. The Morgan fingerprint density at radius 3 is 2.69 bits per heavy atom. The van der Waals surface area contributed by atoms with E-state index in [1.54, 1.807) is 29.1 Å². The zero-order chi connectivity index (χ0) is 9.68. The molecule has 0 spiro atoms. The van der Waals surface area contributed by atoms with Gasteiger partial charge in [-0.1, -0.05) is 0 Å². The largest absolute Gasteiger partial charge is 0.465 e. The second-order valence-corrected chi connectivity index (χ2v) is 2.45. The number of nitrogens with zero attached hydrogens (tertiary/aromatic N) is 1. The number of hydrogen-bond donors (Lipinski definition) is 0. The van der Waals surface area contributed by atoms with Gasteiger partial charge in [0.05, 0.1) is 12.7 Å². The highest BCUT2D eigenvalue weighted by atomic mass is 16.5. The maximum Gasteiger partial charge on any atom is 0.338 e. The van der Waals surface area contributed by atoms with Gasteiger partial charge in [0.25, 0.3) is 0 Å². The van der Waals surface area contributed by atoms with Gasteiger partial charge in [0.15, 0.2) is 12.4 Å². The predicted octanol–water partition coefficient (Wildman–Crippen LogP) is 0.394. The van der Waals surface area contributed by atoms with Crippen LogP contribution in [0.4, 0.5) is 0 Å². The molecular formula is C10H10NO2+. The SMILES string of the molecule is C#CC[n+]1ccc(C(=O)OC)cc1. The summed E-state index contributed by atoms with van der Waals surface area (Å²) in [4.78, 5) is 11.0. The Hall–Kier alpha value is -1.82. The lowest BCUT2D eigenvalue weighted by Crippen LogP contribution is -2.31. The summed E-state index contributed by atoms with van der Waals surface area (Å²) in [6.45, 7) is 0.501. The summed E-state index contributed by atoms with van der Waals surface area (Å²) >= 11 is 0. The number of esters is 1. The first-order valence-corrected chi connectivity index (χ1v) is 3.79. The number of ether oxygens (including phenoxy) is 1. The molecule has 0 N–H and O–H groups in total. The van der Waals surface area contributed by atoms with Crippen molar-refractivity contribution >= 4 is 5.97 Å². The Kier molecular flexibility index (Phi) is 3.04. The average molecular weight is 176 g/mol. The zero-order valence-electron chi connectivity index (χ0n) is 7.36. The fourth-order valence-corrected chi connectivity index (χ4v) is 0.922. The third-order valence-electron chi connectivity index (χ3n) is 1.59. The summed E-state index contributed by atoms with van der Waals surface area (Å²) in [5.74, 6) is 2.15. The van der Waals surface area contributed by atoms with Crippen molar-refractivity contribution in [1.82, 2.24) is 0 Å². The van der Waals surface area contributed by atoms with E-state index >= 15 is 0 Å². The van der Waals surface area contributed by atoms with Gasteiger partial charge in [0, 0.05) is 12.1 Å². The molecule has 1 aromatic heterocycles. The lowest BCUT2D eigenvalue weighted by molar-refractivity contribution is -0.684. The fraction of sp³-hybridized carbons (Fsp3) is 0.200. The summed E-state index contributed by atoms with van der Waals surface area (Å²) < 4.78 is 6.35. The third kappa shape index (κ3) is 2.31. The molecule has 1 aromatic rings. The molecule has 3 heteroatoms. The molecule has 0 bridgehead atoms. The summed E-state index contributed by atoms with van der Waals surface area (Å²) in [6, 6.07) is 3.34. The molecule has 0 fully saturated rings. The topological polar surface area (TPSA) is 30.2 Å². The lowest BCUT2D eigenvalue weighted by Gasteiger charge is -1.96. The van der Waals surface area contributed by atoms with E-state index in [1.807, 2.05) is 0 Å². The number of carbonyl (C=O) groups is 1. The number of methoxy groups -OCH3 is 1. The minimum atomic E-state index is -0.340. The van der Waals surface area contributed by atoms with Gasteiger partial charge in [-0.15, -0.1) is 6.42 Å². The first-order chi connectivity index (χ1) is 6.27. The van der Waals surface area contributed by atoms with Crippen LogP contribution in [-0.2, 0) is 11.3 Å². The van der Waals surface area contributed by atoms with Crippen LogP contribution in [-0.4, -0.2) is 13.1 Å². The third-order valence-corrected chi connectivity index (χ3v) is 1.59. The van der Waals surface area contributed by atoms with E-state index in [4.69, 9.17) is 6.42 Å². The molecular weight excluding hydrogens is 166 g/mol. The molecule has 3 nitrogen and oxygen atoms in total. The quantitative estimate of drug-likeness (QED) is 0.371. The Labute approximate surface area is 77.0 Å². The van der Waals surface area contributed by atoms with Gasteiger partial charge < -0.3 is 4.74 Å². The van der Waals surface area contributed by atoms with Crippen LogP contribution in [0.2, 0.25) is 0 Å². The molecule has 0 aromatic carbocycles. The van der Waals surface area contributed by atoms with E-state index < -0.39 is 0 Å². The Morgan fingerprint density at radius 1 is 1.62 bits per heavy atom. The van der Waals surface area contributed by atoms with Crippen LogP contribution in [0.1, 0.15) is 10.4 Å². The van der Waals surface area contributed by atoms with Crippen LogP contribution in [0.25, 0.3) is 0 Å². The normalized spacial score (nSPS) is 8.92. The van der Waals surface area contributed by atoms with Crippen LogP contribution in [0.3, 0.4) is 0 Å². The maximum absolute atomic E-state index is 11.0. The minimum Gasteiger partial charge on any atom is -0.465 e.